The van der Waals surface area contributed by atoms with Crippen molar-refractivity contribution in [2.45, 2.75) is 0 Å². The van der Waals surface area contributed by atoms with E-state index in [1.165, 1.54) is 0 Å². The molecule has 4 aromatic rings. The van der Waals surface area contributed by atoms with Crippen LogP contribution in [0, 0.1) is 0 Å². The number of fused-ring (bicyclic) bond motifs is 2. The smallest absolute Gasteiger partial charge is 0.222 e. The van der Waals surface area contributed by atoms with Gasteiger partial charge in [0.15, 0.2) is 0 Å². The largest absolute Gasteiger partial charge is 0.497 e. The van der Waals surface area contributed by atoms with Gasteiger partial charge < -0.3 is 9.72 Å². The van der Waals surface area contributed by atoms with E-state index in [0.717, 1.165) is 27.7 Å². The van der Waals surface area contributed by atoms with Crippen molar-refractivity contribution in [3.05, 3.63) is 59.2 Å². The number of imidazole rings is 1. The first kappa shape index (κ1) is 15.4. The fraction of sp³-hybridized carbons (Fsp3) is 0.0556. The lowest BCUT2D eigenvalue weighted by Gasteiger charge is -2.04. The third-order valence-corrected chi connectivity index (χ3v) is 4.07. The average molecular weight is 352 g/mol. The van der Waals surface area contributed by atoms with Crippen molar-refractivity contribution in [1.82, 2.24) is 15.0 Å². The zero-order valence-electron chi connectivity index (χ0n) is 13.3. The highest BCUT2D eigenvalue weighted by atomic mass is 35.5. The number of ether oxygens (including phenoxy) is 1. The Bertz CT molecular complexity index is 1060. The number of hydrogen-bond donors (Lipinski definition) is 2. The van der Waals surface area contributed by atoms with Crippen LogP contribution < -0.4 is 10.2 Å². The zero-order chi connectivity index (χ0) is 17.2. The maximum absolute atomic E-state index is 6.25. The minimum Gasteiger partial charge on any atom is -0.497 e. The van der Waals surface area contributed by atoms with Crippen molar-refractivity contribution in [1.29, 1.82) is 0 Å². The number of anilines is 1. The van der Waals surface area contributed by atoms with Gasteiger partial charge in [0.1, 0.15) is 10.9 Å². The average Bonchev–Trinajstić information content (AvgIpc) is 3.04. The molecule has 25 heavy (non-hydrogen) atoms. The molecule has 0 radical (unpaired) electrons. The third-order valence-electron chi connectivity index (χ3n) is 3.77. The molecule has 0 atom stereocenters. The van der Waals surface area contributed by atoms with Gasteiger partial charge in [-0.05, 0) is 30.3 Å². The van der Waals surface area contributed by atoms with Gasteiger partial charge in [0.25, 0.3) is 0 Å². The Balaban J connectivity index is 1.58. The van der Waals surface area contributed by atoms with Crippen LogP contribution in [0.2, 0.25) is 5.15 Å². The molecule has 4 rings (SSSR count). The number of aromatic nitrogens is 3. The second-order valence-corrected chi connectivity index (χ2v) is 5.76. The molecule has 0 bridgehead atoms. The molecule has 0 amide bonds. The number of methoxy groups -OCH3 is 1. The first-order chi connectivity index (χ1) is 12.2. The number of benzene rings is 2. The standard InChI is InChI=1S/C18H14ClN5O/c1-25-13-7-6-11-8-12(17(19)21-16(11)9-13)10-20-24-18-22-14-4-2-3-5-15(14)23-18/h2-10H,1H3,(H2,22,23,24)/b20-10-. The van der Waals surface area contributed by atoms with Gasteiger partial charge in [0.2, 0.25) is 5.95 Å². The van der Waals surface area contributed by atoms with Gasteiger partial charge in [-0.15, -0.1) is 0 Å². The molecule has 6 nitrogen and oxygen atoms in total. The molecule has 0 saturated heterocycles. The number of hydrogen-bond acceptors (Lipinski definition) is 5. The molecule has 0 aliphatic heterocycles. The Morgan fingerprint density at radius 1 is 1.12 bits per heavy atom. The second kappa shape index (κ2) is 6.41. The number of nitrogens with one attached hydrogen (secondary N) is 2. The van der Waals surface area contributed by atoms with Gasteiger partial charge in [0, 0.05) is 17.0 Å². The molecule has 7 heteroatoms. The van der Waals surface area contributed by atoms with Crippen molar-refractivity contribution < 1.29 is 4.74 Å². The van der Waals surface area contributed by atoms with E-state index < -0.39 is 0 Å². The summed E-state index contributed by atoms with van der Waals surface area (Å²) in [7, 11) is 1.62. The predicted octanol–water partition coefficient (Wildman–Crippen LogP) is 4.22. The van der Waals surface area contributed by atoms with E-state index in [9.17, 15) is 0 Å². The van der Waals surface area contributed by atoms with Gasteiger partial charge >= 0.3 is 0 Å². The predicted molar refractivity (Wildman–Crippen MR) is 101 cm³/mol. The summed E-state index contributed by atoms with van der Waals surface area (Å²) in [5.41, 5.74) is 6.17. The Kier molecular flexibility index (Phi) is 3.95. The summed E-state index contributed by atoms with van der Waals surface area (Å²) < 4.78 is 5.20. The Morgan fingerprint density at radius 2 is 2.00 bits per heavy atom. The lowest BCUT2D eigenvalue weighted by molar-refractivity contribution is 0.415. The van der Waals surface area contributed by atoms with E-state index in [-0.39, 0.29) is 0 Å². The molecule has 0 aliphatic rings. The number of nitrogens with zero attached hydrogens (tertiary/aromatic N) is 3. The number of H-pyrrole nitrogens is 1. The Morgan fingerprint density at radius 3 is 2.84 bits per heavy atom. The van der Waals surface area contributed by atoms with Crippen molar-refractivity contribution in [2.75, 3.05) is 12.5 Å². The molecule has 0 unspecified atom stereocenters. The van der Waals surface area contributed by atoms with Crippen molar-refractivity contribution >= 4 is 45.7 Å². The quantitative estimate of drug-likeness (QED) is 0.328. The molecule has 0 aliphatic carbocycles. The number of rotatable bonds is 4. The summed E-state index contributed by atoms with van der Waals surface area (Å²) in [4.78, 5) is 11.9. The summed E-state index contributed by atoms with van der Waals surface area (Å²) in [6.07, 6.45) is 1.62. The number of hydrazone groups is 1. The fourth-order valence-electron chi connectivity index (χ4n) is 2.53. The summed E-state index contributed by atoms with van der Waals surface area (Å²) in [5, 5.41) is 5.52. The molecule has 2 N–H and O–H groups in total. The van der Waals surface area contributed by atoms with Crippen molar-refractivity contribution in [2.24, 2.45) is 5.10 Å². The van der Waals surface area contributed by atoms with Gasteiger partial charge in [0.05, 0.1) is 29.9 Å². The van der Waals surface area contributed by atoms with Crippen LogP contribution in [-0.2, 0) is 0 Å². The molecule has 2 aromatic heterocycles. The minimum absolute atomic E-state index is 0.371. The minimum atomic E-state index is 0.371. The summed E-state index contributed by atoms with van der Waals surface area (Å²) in [6.45, 7) is 0. The Labute approximate surface area is 148 Å². The maximum atomic E-state index is 6.25. The van der Waals surface area contributed by atoms with Gasteiger partial charge in [-0.2, -0.15) is 5.10 Å². The topological polar surface area (TPSA) is 75.2 Å². The van der Waals surface area contributed by atoms with Crippen molar-refractivity contribution in [3.63, 3.8) is 0 Å². The first-order valence-electron chi connectivity index (χ1n) is 7.61. The molecule has 2 heterocycles. The molecule has 0 fully saturated rings. The van der Waals surface area contributed by atoms with Crippen LogP contribution in [0.1, 0.15) is 5.56 Å². The fourth-order valence-corrected chi connectivity index (χ4v) is 2.72. The van der Waals surface area contributed by atoms with Gasteiger partial charge in [-0.3, -0.25) is 0 Å². The highest BCUT2D eigenvalue weighted by Crippen LogP contribution is 2.23. The lowest BCUT2D eigenvalue weighted by Crippen LogP contribution is -1.94. The maximum Gasteiger partial charge on any atom is 0.222 e. The summed E-state index contributed by atoms with van der Waals surface area (Å²) in [6, 6.07) is 15.3. The van der Waals surface area contributed by atoms with Crippen molar-refractivity contribution in [3.8, 4) is 5.75 Å². The van der Waals surface area contributed by atoms with Crippen LogP contribution in [0.15, 0.2) is 53.6 Å². The van der Waals surface area contributed by atoms with Crippen LogP contribution in [0.4, 0.5) is 5.95 Å². The van der Waals surface area contributed by atoms with Crippen LogP contribution in [-0.4, -0.2) is 28.3 Å². The van der Waals surface area contributed by atoms with Gasteiger partial charge in [-0.1, -0.05) is 23.7 Å². The lowest BCUT2D eigenvalue weighted by atomic mass is 10.1. The molecular weight excluding hydrogens is 338 g/mol. The zero-order valence-corrected chi connectivity index (χ0v) is 14.1. The van der Waals surface area contributed by atoms with Crippen LogP contribution >= 0.6 is 11.6 Å². The van der Waals surface area contributed by atoms with Crippen LogP contribution in [0.5, 0.6) is 5.75 Å². The van der Waals surface area contributed by atoms with Crippen LogP contribution in [0.25, 0.3) is 21.9 Å². The van der Waals surface area contributed by atoms with Gasteiger partial charge in [-0.25, -0.2) is 15.4 Å². The highest BCUT2D eigenvalue weighted by Gasteiger charge is 2.05. The van der Waals surface area contributed by atoms with E-state index in [1.54, 1.807) is 13.3 Å². The molecular formula is C18H14ClN5O. The molecule has 124 valence electrons. The number of halogens is 1. The highest BCUT2D eigenvalue weighted by molar-refractivity contribution is 6.32. The van der Waals surface area contributed by atoms with Crippen LogP contribution in [0.3, 0.4) is 0 Å². The first-order valence-corrected chi connectivity index (χ1v) is 7.99. The third kappa shape index (κ3) is 3.12. The Hall–Kier alpha value is -3.12. The monoisotopic (exact) mass is 351 g/mol. The number of aromatic amines is 1. The molecule has 2 aromatic carbocycles. The van der Waals surface area contributed by atoms with E-state index in [0.29, 0.717) is 16.7 Å². The van der Waals surface area contributed by atoms with E-state index in [4.69, 9.17) is 16.3 Å². The molecule has 0 saturated carbocycles. The normalized spacial score (nSPS) is 11.4. The van der Waals surface area contributed by atoms with E-state index in [2.05, 4.69) is 25.5 Å². The molecule has 0 spiro atoms. The summed E-state index contributed by atoms with van der Waals surface area (Å²) >= 11 is 6.25. The van der Waals surface area contributed by atoms with E-state index >= 15 is 0 Å². The number of pyridine rings is 1. The van der Waals surface area contributed by atoms with E-state index in [1.807, 2.05) is 48.5 Å². The SMILES string of the molecule is COc1ccc2cc(/C=N\Nc3nc4ccccc4[nH]3)c(Cl)nc2c1. The second-order valence-electron chi connectivity index (χ2n) is 5.40. The number of para-hydroxylation sites is 2. The summed E-state index contributed by atoms with van der Waals surface area (Å²) in [5.74, 6) is 1.30.